The largest absolute Gasteiger partial charge is 0.459 e. The number of rotatable bonds is 5. The van der Waals surface area contributed by atoms with Crippen LogP contribution in [-0.4, -0.2) is 11.6 Å². The van der Waals surface area contributed by atoms with Crippen LogP contribution in [0.5, 0.6) is 0 Å². The van der Waals surface area contributed by atoms with Crippen LogP contribution < -0.4 is 0 Å². The normalized spacial score (nSPS) is 48.0. The van der Waals surface area contributed by atoms with Crippen LogP contribution in [-0.2, 0) is 9.53 Å². The van der Waals surface area contributed by atoms with Gasteiger partial charge in [0.25, 0.3) is 0 Å². The third kappa shape index (κ3) is 2.38. The molecule has 8 unspecified atom stereocenters. The van der Waals surface area contributed by atoms with Gasteiger partial charge >= 0.3 is 5.97 Å². The Hall–Kier alpha value is -0.530. The molecule has 0 N–H and O–H groups in total. The van der Waals surface area contributed by atoms with Crippen molar-refractivity contribution in [3.63, 3.8) is 0 Å². The molecule has 0 amide bonds. The van der Waals surface area contributed by atoms with Crippen LogP contribution in [0.15, 0.2) is 0 Å². The van der Waals surface area contributed by atoms with Crippen LogP contribution in [0, 0.1) is 47.3 Å². The summed E-state index contributed by atoms with van der Waals surface area (Å²) in [5.74, 6) is 6.11. The first kappa shape index (κ1) is 16.0. The molecule has 0 aromatic carbocycles. The quantitative estimate of drug-likeness (QED) is 0.523. The molecule has 0 radical (unpaired) electrons. The van der Waals surface area contributed by atoms with Gasteiger partial charge in [0.2, 0.25) is 0 Å². The SMILES string of the molecule is CCC(CC(C)C)C(=O)OC1(C)CC2CC1C1C3CCC(C3)C21. The second kappa shape index (κ2) is 5.49. The predicted molar refractivity (Wildman–Crippen MR) is 91.8 cm³/mol. The maximum atomic E-state index is 12.8. The van der Waals surface area contributed by atoms with Gasteiger partial charge in [-0.15, -0.1) is 0 Å². The lowest BCUT2D eigenvalue weighted by atomic mass is 9.66. The molecule has 23 heavy (non-hydrogen) atoms. The zero-order valence-electron chi connectivity index (χ0n) is 15.4. The molecule has 8 atom stereocenters. The number of ether oxygens (including phenoxy) is 1. The van der Waals surface area contributed by atoms with Gasteiger partial charge in [0.1, 0.15) is 5.60 Å². The first-order valence-electron chi connectivity index (χ1n) is 10.2. The monoisotopic (exact) mass is 318 g/mol. The Morgan fingerprint density at radius 3 is 2.48 bits per heavy atom. The molecule has 0 heterocycles. The summed E-state index contributed by atoms with van der Waals surface area (Å²) in [4.78, 5) is 12.8. The van der Waals surface area contributed by atoms with E-state index < -0.39 is 0 Å². The molecule has 0 aromatic heterocycles. The number of fused-ring (bicyclic) bond motifs is 9. The molecule has 130 valence electrons. The Bertz CT molecular complexity index is 484. The number of esters is 1. The Balaban J connectivity index is 1.47. The molecule has 4 aliphatic rings. The molecule has 4 fully saturated rings. The van der Waals surface area contributed by atoms with Crippen molar-refractivity contribution in [1.82, 2.24) is 0 Å². The summed E-state index contributed by atoms with van der Waals surface area (Å²) in [6.45, 7) is 8.80. The Kier molecular flexibility index (Phi) is 3.81. The van der Waals surface area contributed by atoms with Gasteiger partial charge in [-0.2, -0.15) is 0 Å². The van der Waals surface area contributed by atoms with E-state index in [1.165, 1.54) is 25.7 Å². The number of carbonyl (C=O) groups excluding carboxylic acids is 1. The number of hydrogen-bond acceptors (Lipinski definition) is 2. The molecule has 2 heteroatoms. The third-order valence-corrected chi connectivity index (χ3v) is 7.98. The summed E-state index contributed by atoms with van der Waals surface area (Å²) < 4.78 is 6.26. The van der Waals surface area contributed by atoms with Gasteiger partial charge in [0, 0.05) is 5.92 Å². The molecular weight excluding hydrogens is 284 g/mol. The molecule has 4 bridgehead atoms. The fourth-order valence-corrected chi connectivity index (χ4v) is 7.29. The average molecular weight is 319 g/mol. The van der Waals surface area contributed by atoms with E-state index in [9.17, 15) is 4.79 Å². The first-order chi connectivity index (χ1) is 10.9. The highest BCUT2D eigenvalue weighted by Crippen LogP contribution is 2.70. The maximum absolute atomic E-state index is 12.8. The molecule has 0 aliphatic heterocycles. The lowest BCUT2D eigenvalue weighted by Crippen LogP contribution is -2.46. The number of hydrogen-bond donors (Lipinski definition) is 0. The van der Waals surface area contributed by atoms with E-state index in [0.29, 0.717) is 11.8 Å². The minimum Gasteiger partial charge on any atom is -0.459 e. The first-order valence-corrected chi connectivity index (χ1v) is 10.2. The van der Waals surface area contributed by atoms with Crippen LogP contribution >= 0.6 is 0 Å². The Morgan fingerprint density at radius 1 is 1.13 bits per heavy atom. The number of carbonyl (C=O) groups is 1. The highest BCUT2D eigenvalue weighted by molar-refractivity contribution is 5.73. The summed E-state index contributed by atoms with van der Waals surface area (Å²) in [6.07, 6.45) is 8.78. The minimum atomic E-state index is -0.155. The van der Waals surface area contributed by atoms with E-state index in [2.05, 4.69) is 27.7 Å². The second-order valence-corrected chi connectivity index (χ2v) is 9.76. The highest BCUT2D eigenvalue weighted by atomic mass is 16.6. The summed E-state index contributed by atoms with van der Waals surface area (Å²) >= 11 is 0. The fraction of sp³-hybridized carbons (Fsp3) is 0.952. The van der Waals surface area contributed by atoms with E-state index in [1.54, 1.807) is 0 Å². The highest BCUT2D eigenvalue weighted by Gasteiger charge is 2.66. The Labute approximate surface area is 141 Å². The average Bonchev–Trinajstić information content (AvgIpc) is 3.20. The van der Waals surface area contributed by atoms with Gasteiger partial charge in [-0.1, -0.05) is 20.8 Å². The van der Waals surface area contributed by atoms with Crippen molar-refractivity contribution in [2.45, 2.75) is 78.2 Å². The molecule has 4 aliphatic carbocycles. The molecule has 0 aromatic rings. The summed E-state index contributed by atoms with van der Waals surface area (Å²) in [6, 6.07) is 0. The molecule has 0 spiro atoms. The lowest BCUT2D eigenvalue weighted by molar-refractivity contribution is -0.174. The van der Waals surface area contributed by atoms with E-state index in [0.717, 1.165) is 48.9 Å². The van der Waals surface area contributed by atoms with Gasteiger partial charge in [0.05, 0.1) is 5.92 Å². The zero-order chi connectivity index (χ0) is 16.4. The second-order valence-electron chi connectivity index (χ2n) is 9.76. The van der Waals surface area contributed by atoms with Gasteiger partial charge in [-0.05, 0) is 87.4 Å². The van der Waals surface area contributed by atoms with Crippen LogP contribution in [0.3, 0.4) is 0 Å². The molecule has 4 saturated carbocycles. The van der Waals surface area contributed by atoms with Crippen molar-refractivity contribution in [1.29, 1.82) is 0 Å². The van der Waals surface area contributed by atoms with E-state index in [-0.39, 0.29) is 17.5 Å². The van der Waals surface area contributed by atoms with Crippen LogP contribution in [0.4, 0.5) is 0 Å². The van der Waals surface area contributed by atoms with Gasteiger partial charge < -0.3 is 4.74 Å². The van der Waals surface area contributed by atoms with Crippen molar-refractivity contribution in [3.05, 3.63) is 0 Å². The smallest absolute Gasteiger partial charge is 0.309 e. The van der Waals surface area contributed by atoms with Crippen molar-refractivity contribution in [3.8, 4) is 0 Å². The maximum Gasteiger partial charge on any atom is 0.309 e. The third-order valence-electron chi connectivity index (χ3n) is 7.98. The topological polar surface area (TPSA) is 26.3 Å². The summed E-state index contributed by atoms with van der Waals surface area (Å²) in [7, 11) is 0. The van der Waals surface area contributed by atoms with Crippen LogP contribution in [0.1, 0.15) is 72.6 Å². The minimum absolute atomic E-state index is 0.0935. The molecule has 2 nitrogen and oxygen atoms in total. The van der Waals surface area contributed by atoms with Crippen molar-refractivity contribution < 1.29 is 9.53 Å². The van der Waals surface area contributed by atoms with Gasteiger partial charge in [0.15, 0.2) is 0 Å². The lowest BCUT2D eigenvalue weighted by Gasteiger charge is -2.44. The van der Waals surface area contributed by atoms with Gasteiger partial charge in [-0.3, -0.25) is 4.79 Å². The van der Waals surface area contributed by atoms with Crippen molar-refractivity contribution in [2.75, 3.05) is 0 Å². The van der Waals surface area contributed by atoms with E-state index >= 15 is 0 Å². The zero-order valence-corrected chi connectivity index (χ0v) is 15.4. The predicted octanol–water partition coefficient (Wildman–Crippen LogP) is 5.06. The van der Waals surface area contributed by atoms with E-state index in [4.69, 9.17) is 4.74 Å². The summed E-state index contributed by atoms with van der Waals surface area (Å²) in [5.41, 5.74) is -0.155. The summed E-state index contributed by atoms with van der Waals surface area (Å²) in [5, 5.41) is 0. The van der Waals surface area contributed by atoms with Crippen molar-refractivity contribution in [2.24, 2.45) is 47.3 Å². The molecule has 4 rings (SSSR count). The molecular formula is C21H34O2. The van der Waals surface area contributed by atoms with Crippen LogP contribution in [0.2, 0.25) is 0 Å². The van der Waals surface area contributed by atoms with Crippen LogP contribution in [0.25, 0.3) is 0 Å². The van der Waals surface area contributed by atoms with Crippen molar-refractivity contribution >= 4 is 5.97 Å². The standard InChI is InChI=1S/C21H34O2/c1-5-13(8-12(2)3)20(22)23-21(4)11-16-10-17(21)19-15-7-6-14(9-15)18(16)19/h12-19H,5-11H2,1-4H3. The fourth-order valence-electron chi connectivity index (χ4n) is 7.29. The Morgan fingerprint density at radius 2 is 1.83 bits per heavy atom. The van der Waals surface area contributed by atoms with Gasteiger partial charge in [-0.25, -0.2) is 0 Å². The molecule has 0 saturated heterocycles. The van der Waals surface area contributed by atoms with E-state index in [1.807, 2.05) is 0 Å².